The van der Waals surface area contributed by atoms with Gasteiger partial charge in [-0.05, 0) is 63.4 Å². The van der Waals surface area contributed by atoms with Crippen molar-refractivity contribution in [3.63, 3.8) is 0 Å². The zero-order valence-corrected chi connectivity index (χ0v) is 17.1. The third kappa shape index (κ3) is 4.23. The number of rotatable bonds is 1. The highest BCUT2D eigenvalue weighted by molar-refractivity contribution is 6.87. The topological polar surface area (TPSA) is 78.4 Å². The first-order valence-electron chi connectivity index (χ1n) is 10.0. The molecule has 0 aromatic carbocycles. The number of nitriles is 1. The second-order valence-electron chi connectivity index (χ2n) is 7.83. The van der Waals surface area contributed by atoms with Gasteiger partial charge in [0.05, 0.1) is 28.8 Å². The molecule has 5 rings (SSSR count). The number of hydrogen-bond acceptors (Lipinski definition) is 5. The van der Waals surface area contributed by atoms with Crippen LogP contribution in [0.1, 0.15) is 37.9 Å². The summed E-state index contributed by atoms with van der Waals surface area (Å²) in [5.41, 5.74) is 6.75. The molecule has 2 aliphatic rings. The molecule has 1 N–H and O–H groups in total. The van der Waals surface area contributed by atoms with Crippen LogP contribution in [0.15, 0.2) is 35.7 Å². The number of aryl methyl sites for hydroxylation is 1. The van der Waals surface area contributed by atoms with Crippen LogP contribution in [0, 0.1) is 24.2 Å². The molecule has 0 spiro atoms. The molecule has 0 saturated carbocycles. The summed E-state index contributed by atoms with van der Waals surface area (Å²) in [5.74, 6) is 0.973. The standard InChI is InChI=1S/C16H11BN5.C6H13N/c1-9-7-22-8-12(3-11(5-18)16(22)20-9)14-4-13-15(6-19-14)21-10(2)17-13;1-6-2-4-7-5-3-6/h3-4,6-8H,1-2H3;6-7H,2-5H2,1H3. The summed E-state index contributed by atoms with van der Waals surface area (Å²) in [5, 5.41) is 12.7. The molecular weight excluding hydrogens is 359 g/mol. The number of piperidine rings is 1. The minimum atomic E-state index is 0.546. The second kappa shape index (κ2) is 8.18. The maximum absolute atomic E-state index is 9.36. The van der Waals surface area contributed by atoms with Crippen LogP contribution in [0.3, 0.4) is 0 Å². The van der Waals surface area contributed by atoms with Gasteiger partial charge in [0.15, 0.2) is 5.65 Å². The summed E-state index contributed by atoms with van der Waals surface area (Å²) < 4.78 is 1.88. The predicted molar refractivity (Wildman–Crippen MR) is 117 cm³/mol. The van der Waals surface area contributed by atoms with Gasteiger partial charge in [-0.3, -0.25) is 9.98 Å². The average molecular weight is 383 g/mol. The molecule has 0 unspecified atom stereocenters. The van der Waals surface area contributed by atoms with Crippen molar-refractivity contribution in [1.82, 2.24) is 19.7 Å². The maximum Gasteiger partial charge on any atom is 0.213 e. The molecule has 6 nitrogen and oxygen atoms in total. The quantitative estimate of drug-likeness (QED) is 0.656. The SMILES string of the molecule is CC1=Nc2cnc(-c3cc(C#N)c4nc(C)cn4c3)cc2[B]1.CC1CCNCC1. The fourth-order valence-corrected chi connectivity index (χ4v) is 3.69. The highest BCUT2D eigenvalue weighted by atomic mass is 15.0. The van der Waals surface area contributed by atoms with Gasteiger partial charge < -0.3 is 9.72 Å². The normalized spacial score (nSPS) is 15.7. The molecule has 1 saturated heterocycles. The zero-order chi connectivity index (χ0) is 20.4. The van der Waals surface area contributed by atoms with Crippen molar-refractivity contribution in [3.05, 3.63) is 42.0 Å². The van der Waals surface area contributed by atoms with E-state index in [9.17, 15) is 5.26 Å². The number of pyridine rings is 2. The molecule has 3 aromatic rings. The van der Waals surface area contributed by atoms with Crippen LogP contribution in [0.25, 0.3) is 16.9 Å². The Morgan fingerprint density at radius 3 is 2.69 bits per heavy atom. The van der Waals surface area contributed by atoms with Gasteiger partial charge in [-0.2, -0.15) is 5.26 Å². The number of aliphatic imine (C=N–C) groups is 1. The highest BCUT2D eigenvalue weighted by Gasteiger charge is 2.16. The highest BCUT2D eigenvalue weighted by Crippen LogP contribution is 2.23. The van der Waals surface area contributed by atoms with Crippen LogP contribution in [0.5, 0.6) is 0 Å². The molecule has 145 valence electrons. The lowest BCUT2D eigenvalue weighted by Gasteiger charge is -2.17. The number of aromatic nitrogens is 3. The first-order chi connectivity index (χ1) is 14.0. The van der Waals surface area contributed by atoms with Crippen LogP contribution in [0.2, 0.25) is 0 Å². The first kappa shape index (κ1) is 19.3. The van der Waals surface area contributed by atoms with Gasteiger partial charge in [0.2, 0.25) is 7.28 Å². The van der Waals surface area contributed by atoms with E-state index in [2.05, 4.69) is 33.3 Å². The molecule has 5 heterocycles. The van der Waals surface area contributed by atoms with Crippen LogP contribution in [0.4, 0.5) is 5.69 Å². The number of nitrogens with zero attached hydrogens (tertiary/aromatic N) is 5. The lowest BCUT2D eigenvalue weighted by atomic mass is 9.68. The van der Waals surface area contributed by atoms with Gasteiger partial charge in [0.25, 0.3) is 0 Å². The van der Waals surface area contributed by atoms with E-state index in [0.29, 0.717) is 11.2 Å². The van der Waals surface area contributed by atoms with E-state index in [1.54, 1.807) is 6.20 Å². The second-order valence-corrected chi connectivity index (χ2v) is 7.83. The number of fused-ring (bicyclic) bond motifs is 2. The Morgan fingerprint density at radius 2 is 2.00 bits per heavy atom. The number of nitrogens with one attached hydrogen (secondary N) is 1. The maximum atomic E-state index is 9.36. The number of hydrogen-bond donors (Lipinski definition) is 1. The third-order valence-electron chi connectivity index (χ3n) is 5.29. The molecule has 29 heavy (non-hydrogen) atoms. The molecule has 0 amide bonds. The van der Waals surface area contributed by atoms with Crippen molar-refractivity contribution >= 4 is 29.7 Å². The Hall–Kier alpha value is -2.98. The molecular formula is C22H24BN6. The van der Waals surface area contributed by atoms with Crippen molar-refractivity contribution in [2.75, 3.05) is 13.1 Å². The van der Waals surface area contributed by atoms with Gasteiger partial charge in [-0.15, -0.1) is 0 Å². The van der Waals surface area contributed by atoms with E-state index >= 15 is 0 Å². The van der Waals surface area contributed by atoms with E-state index in [-0.39, 0.29) is 0 Å². The Kier molecular flexibility index (Phi) is 5.46. The average Bonchev–Trinajstić information content (AvgIpc) is 3.28. The van der Waals surface area contributed by atoms with Gasteiger partial charge >= 0.3 is 0 Å². The van der Waals surface area contributed by atoms with Crippen molar-refractivity contribution in [2.45, 2.75) is 33.6 Å². The Bertz CT molecular complexity index is 1120. The minimum absolute atomic E-state index is 0.546. The Morgan fingerprint density at radius 1 is 1.21 bits per heavy atom. The van der Waals surface area contributed by atoms with Crippen LogP contribution < -0.4 is 10.8 Å². The summed E-state index contributed by atoms with van der Waals surface area (Å²) in [6.45, 7) is 8.67. The Labute approximate surface area is 172 Å². The molecule has 1 radical (unpaired) electrons. The summed E-state index contributed by atoms with van der Waals surface area (Å²) in [6, 6.07) is 6.05. The largest absolute Gasteiger partial charge is 0.317 e. The lowest BCUT2D eigenvalue weighted by molar-refractivity contribution is 0.402. The monoisotopic (exact) mass is 383 g/mol. The van der Waals surface area contributed by atoms with Gasteiger partial charge in [-0.1, -0.05) is 12.4 Å². The van der Waals surface area contributed by atoms with E-state index in [1.807, 2.05) is 50.1 Å². The van der Waals surface area contributed by atoms with Crippen LogP contribution in [-0.2, 0) is 0 Å². The molecule has 0 atom stereocenters. The zero-order valence-electron chi connectivity index (χ0n) is 17.1. The summed E-state index contributed by atoms with van der Waals surface area (Å²) in [4.78, 5) is 13.3. The fraction of sp³-hybridized carbons (Fsp3) is 0.364. The van der Waals surface area contributed by atoms with Crippen molar-refractivity contribution < 1.29 is 0 Å². The van der Waals surface area contributed by atoms with Gasteiger partial charge in [0.1, 0.15) is 6.07 Å². The predicted octanol–water partition coefficient (Wildman–Crippen LogP) is 2.98. The Balaban J connectivity index is 0.000000249. The van der Waals surface area contributed by atoms with Crippen LogP contribution in [-0.4, -0.2) is 40.3 Å². The van der Waals surface area contributed by atoms with E-state index < -0.39 is 0 Å². The van der Waals surface area contributed by atoms with Crippen molar-refractivity contribution in [1.29, 1.82) is 5.26 Å². The summed E-state index contributed by atoms with van der Waals surface area (Å²) >= 11 is 0. The minimum Gasteiger partial charge on any atom is -0.317 e. The lowest BCUT2D eigenvalue weighted by Crippen LogP contribution is -2.26. The third-order valence-corrected chi connectivity index (χ3v) is 5.29. The molecule has 1 fully saturated rings. The molecule has 3 aromatic heterocycles. The van der Waals surface area contributed by atoms with Crippen LogP contribution >= 0.6 is 0 Å². The number of imidazole rings is 1. The summed E-state index contributed by atoms with van der Waals surface area (Å²) in [6.07, 6.45) is 8.38. The van der Waals surface area contributed by atoms with Gasteiger partial charge in [0, 0.05) is 18.0 Å². The first-order valence-corrected chi connectivity index (χ1v) is 10.0. The van der Waals surface area contributed by atoms with E-state index in [0.717, 1.165) is 39.6 Å². The van der Waals surface area contributed by atoms with Crippen molar-refractivity contribution in [3.8, 4) is 17.3 Å². The van der Waals surface area contributed by atoms with E-state index in [4.69, 9.17) is 0 Å². The molecule has 2 aliphatic heterocycles. The van der Waals surface area contributed by atoms with Gasteiger partial charge in [-0.25, -0.2) is 4.98 Å². The molecule has 7 heteroatoms. The van der Waals surface area contributed by atoms with E-state index in [1.165, 1.54) is 25.9 Å². The molecule has 0 aliphatic carbocycles. The smallest absolute Gasteiger partial charge is 0.213 e. The fourth-order valence-electron chi connectivity index (χ4n) is 3.69. The molecule has 0 bridgehead atoms. The summed E-state index contributed by atoms with van der Waals surface area (Å²) in [7, 11) is 2.03. The van der Waals surface area contributed by atoms with Crippen molar-refractivity contribution in [2.24, 2.45) is 10.9 Å².